The third kappa shape index (κ3) is 3.53. The average molecular weight is 271 g/mol. The van der Waals surface area contributed by atoms with Gasteiger partial charge in [0.1, 0.15) is 0 Å². The molecule has 0 aliphatic rings. The molecule has 0 bridgehead atoms. The van der Waals surface area contributed by atoms with Gasteiger partial charge in [-0.1, -0.05) is 11.6 Å². The lowest BCUT2D eigenvalue weighted by Gasteiger charge is -2.24. The molecule has 0 saturated carbocycles. The number of nitrogen functional groups attached to an aromatic ring is 1. The number of primary amides is 2. The first-order valence-electron chi connectivity index (χ1n) is 5.18. The SMILES string of the molecule is Cc1cc(N)c(Cl)cc1N(CC(N)=O)CC(N)=O. The molecule has 6 N–H and O–H groups in total. The number of aryl methyl sites for hydroxylation is 1. The van der Waals surface area contributed by atoms with E-state index in [0.29, 0.717) is 16.4 Å². The van der Waals surface area contributed by atoms with Crippen LogP contribution in [0.5, 0.6) is 0 Å². The number of benzene rings is 1. The molecule has 1 aromatic rings. The number of halogens is 1. The van der Waals surface area contributed by atoms with Crippen molar-refractivity contribution in [2.75, 3.05) is 23.7 Å². The monoisotopic (exact) mass is 270 g/mol. The van der Waals surface area contributed by atoms with Crippen molar-refractivity contribution in [2.24, 2.45) is 11.5 Å². The Morgan fingerprint density at radius 2 is 1.72 bits per heavy atom. The summed E-state index contributed by atoms with van der Waals surface area (Å²) in [6.45, 7) is 1.55. The minimum atomic E-state index is -0.566. The molecular weight excluding hydrogens is 256 g/mol. The molecule has 18 heavy (non-hydrogen) atoms. The summed E-state index contributed by atoms with van der Waals surface area (Å²) in [6, 6.07) is 3.24. The minimum absolute atomic E-state index is 0.121. The zero-order chi connectivity index (χ0) is 13.9. The molecule has 6 nitrogen and oxygen atoms in total. The molecule has 0 aliphatic heterocycles. The second-order valence-electron chi connectivity index (χ2n) is 3.95. The lowest BCUT2D eigenvalue weighted by molar-refractivity contribution is -0.117. The predicted molar refractivity (Wildman–Crippen MR) is 71.2 cm³/mol. The molecule has 2 amide bonds. The molecule has 0 aromatic heterocycles. The second kappa shape index (κ2) is 5.59. The quantitative estimate of drug-likeness (QED) is 0.654. The van der Waals surface area contributed by atoms with Gasteiger partial charge in [0.05, 0.1) is 23.8 Å². The van der Waals surface area contributed by atoms with Crippen LogP contribution in [0.25, 0.3) is 0 Å². The van der Waals surface area contributed by atoms with Crippen LogP contribution in [-0.2, 0) is 9.59 Å². The van der Waals surface area contributed by atoms with E-state index in [4.69, 9.17) is 28.8 Å². The molecule has 0 spiro atoms. The maximum atomic E-state index is 11.0. The third-order valence-electron chi connectivity index (χ3n) is 2.35. The van der Waals surface area contributed by atoms with Crippen LogP contribution in [0.4, 0.5) is 11.4 Å². The Kier molecular flexibility index (Phi) is 4.38. The summed E-state index contributed by atoms with van der Waals surface area (Å²) in [5.41, 5.74) is 17.7. The van der Waals surface area contributed by atoms with E-state index in [9.17, 15) is 9.59 Å². The number of nitrogens with zero attached hydrogens (tertiary/aromatic N) is 1. The van der Waals surface area contributed by atoms with Crippen molar-refractivity contribution < 1.29 is 9.59 Å². The van der Waals surface area contributed by atoms with Gasteiger partial charge in [-0.25, -0.2) is 0 Å². The van der Waals surface area contributed by atoms with Gasteiger partial charge in [0.2, 0.25) is 11.8 Å². The van der Waals surface area contributed by atoms with Crippen LogP contribution < -0.4 is 22.1 Å². The van der Waals surface area contributed by atoms with Gasteiger partial charge >= 0.3 is 0 Å². The minimum Gasteiger partial charge on any atom is -0.398 e. The summed E-state index contributed by atoms with van der Waals surface area (Å²) >= 11 is 5.92. The van der Waals surface area contributed by atoms with Crippen LogP contribution in [0.3, 0.4) is 0 Å². The van der Waals surface area contributed by atoms with E-state index in [2.05, 4.69) is 0 Å². The van der Waals surface area contributed by atoms with Crippen LogP contribution in [0.1, 0.15) is 5.56 Å². The summed E-state index contributed by atoms with van der Waals surface area (Å²) < 4.78 is 0. The number of carbonyl (C=O) groups is 2. The lowest BCUT2D eigenvalue weighted by Crippen LogP contribution is -2.40. The maximum absolute atomic E-state index is 11.0. The van der Waals surface area contributed by atoms with E-state index < -0.39 is 11.8 Å². The van der Waals surface area contributed by atoms with E-state index in [-0.39, 0.29) is 13.1 Å². The highest BCUT2D eigenvalue weighted by molar-refractivity contribution is 6.33. The molecule has 0 fully saturated rings. The Morgan fingerprint density at radius 3 is 2.17 bits per heavy atom. The van der Waals surface area contributed by atoms with Crippen LogP contribution in [0.2, 0.25) is 5.02 Å². The van der Waals surface area contributed by atoms with Crippen molar-refractivity contribution in [2.45, 2.75) is 6.92 Å². The number of anilines is 2. The molecule has 1 rings (SSSR count). The predicted octanol–water partition coefficient (Wildman–Crippen LogP) is 0.00762. The summed E-state index contributed by atoms with van der Waals surface area (Å²) in [6.07, 6.45) is 0. The van der Waals surface area contributed by atoms with Crippen LogP contribution in [0, 0.1) is 6.92 Å². The normalized spacial score (nSPS) is 10.1. The molecule has 0 saturated heterocycles. The van der Waals surface area contributed by atoms with Crippen LogP contribution in [-0.4, -0.2) is 24.9 Å². The fourth-order valence-electron chi connectivity index (χ4n) is 1.64. The molecular formula is C11H15ClN4O2. The van der Waals surface area contributed by atoms with Crippen molar-refractivity contribution in [1.82, 2.24) is 0 Å². The number of carbonyl (C=O) groups excluding carboxylic acids is 2. The molecule has 0 heterocycles. The standard InChI is InChI=1S/C11H15ClN4O2/c1-6-2-8(13)7(12)3-9(6)16(4-10(14)17)5-11(15)18/h2-3H,4-5,13H2,1H3,(H2,14,17)(H2,15,18). The van der Waals surface area contributed by atoms with Gasteiger partial charge in [0.15, 0.2) is 0 Å². The molecule has 0 unspecified atom stereocenters. The number of amides is 2. The third-order valence-corrected chi connectivity index (χ3v) is 2.68. The van der Waals surface area contributed by atoms with Crippen LogP contribution in [0.15, 0.2) is 12.1 Å². The molecule has 1 aromatic carbocycles. The number of rotatable bonds is 5. The highest BCUT2D eigenvalue weighted by Crippen LogP contribution is 2.29. The Morgan fingerprint density at radius 1 is 1.22 bits per heavy atom. The van der Waals surface area contributed by atoms with Crippen molar-refractivity contribution in [1.29, 1.82) is 0 Å². The Balaban J connectivity index is 3.15. The lowest BCUT2D eigenvalue weighted by atomic mass is 10.1. The first kappa shape index (κ1) is 14.1. The van der Waals surface area contributed by atoms with Gasteiger partial charge in [-0.15, -0.1) is 0 Å². The fraction of sp³-hybridized carbons (Fsp3) is 0.273. The molecule has 0 aliphatic carbocycles. The zero-order valence-electron chi connectivity index (χ0n) is 9.94. The Labute approximate surface area is 110 Å². The van der Waals surface area contributed by atoms with Crippen molar-refractivity contribution in [3.8, 4) is 0 Å². The van der Waals surface area contributed by atoms with E-state index >= 15 is 0 Å². The molecule has 0 atom stereocenters. The van der Waals surface area contributed by atoms with Crippen molar-refractivity contribution >= 4 is 34.8 Å². The van der Waals surface area contributed by atoms with Crippen LogP contribution >= 0.6 is 11.6 Å². The van der Waals surface area contributed by atoms with Gasteiger partial charge in [0, 0.05) is 5.69 Å². The van der Waals surface area contributed by atoms with E-state index in [1.54, 1.807) is 19.1 Å². The van der Waals surface area contributed by atoms with Gasteiger partial charge in [-0.2, -0.15) is 0 Å². The molecule has 98 valence electrons. The number of hydrogen-bond donors (Lipinski definition) is 3. The van der Waals surface area contributed by atoms with E-state index in [0.717, 1.165) is 5.56 Å². The Bertz CT molecular complexity index is 474. The van der Waals surface area contributed by atoms with Crippen molar-refractivity contribution in [3.05, 3.63) is 22.7 Å². The van der Waals surface area contributed by atoms with Gasteiger partial charge in [-0.3, -0.25) is 9.59 Å². The fourth-order valence-corrected chi connectivity index (χ4v) is 1.79. The number of hydrogen-bond acceptors (Lipinski definition) is 4. The van der Waals surface area contributed by atoms with Gasteiger partial charge in [-0.05, 0) is 24.6 Å². The molecule has 7 heteroatoms. The topological polar surface area (TPSA) is 115 Å². The first-order valence-corrected chi connectivity index (χ1v) is 5.56. The summed E-state index contributed by atoms with van der Waals surface area (Å²) in [5.74, 6) is -1.13. The smallest absolute Gasteiger partial charge is 0.236 e. The summed E-state index contributed by atoms with van der Waals surface area (Å²) in [4.78, 5) is 23.5. The Hall–Kier alpha value is -1.95. The van der Waals surface area contributed by atoms with E-state index in [1.807, 2.05) is 0 Å². The summed E-state index contributed by atoms with van der Waals surface area (Å²) in [7, 11) is 0. The number of nitrogens with two attached hydrogens (primary N) is 3. The highest BCUT2D eigenvalue weighted by atomic mass is 35.5. The summed E-state index contributed by atoms with van der Waals surface area (Å²) in [5, 5.41) is 0.342. The second-order valence-corrected chi connectivity index (χ2v) is 4.36. The van der Waals surface area contributed by atoms with Crippen molar-refractivity contribution in [3.63, 3.8) is 0 Å². The zero-order valence-corrected chi connectivity index (χ0v) is 10.7. The first-order chi connectivity index (χ1) is 8.31. The van der Waals surface area contributed by atoms with Gasteiger partial charge in [0.25, 0.3) is 0 Å². The highest BCUT2D eigenvalue weighted by Gasteiger charge is 2.15. The molecule has 0 radical (unpaired) electrons. The maximum Gasteiger partial charge on any atom is 0.236 e. The largest absolute Gasteiger partial charge is 0.398 e. The van der Waals surface area contributed by atoms with Gasteiger partial charge < -0.3 is 22.1 Å². The van der Waals surface area contributed by atoms with E-state index in [1.165, 1.54) is 4.90 Å². The average Bonchev–Trinajstić information content (AvgIpc) is 2.21.